The Labute approximate surface area is 95.2 Å². The first-order valence-electron chi connectivity index (χ1n) is 5.70. The van der Waals surface area contributed by atoms with Crippen LogP contribution in [-0.2, 0) is 4.74 Å². The molecule has 90 valence electrons. The van der Waals surface area contributed by atoms with Crippen LogP contribution in [0.3, 0.4) is 0 Å². The van der Waals surface area contributed by atoms with E-state index in [1.54, 1.807) is 12.5 Å². The second-order valence-electron chi connectivity index (χ2n) is 4.38. The Morgan fingerprint density at radius 1 is 1.75 bits per heavy atom. The van der Waals surface area contributed by atoms with Crippen LogP contribution in [0.4, 0.5) is 0 Å². The summed E-state index contributed by atoms with van der Waals surface area (Å²) in [6, 6.07) is -0.0372. The van der Waals surface area contributed by atoms with Gasteiger partial charge in [-0.1, -0.05) is 0 Å². The molecule has 3 unspecified atom stereocenters. The van der Waals surface area contributed by atoms with Crippen molar-refractivity contribution in [3.8, 4) is 0 Å². The van der Waals surface area contributed by atoms with Gasteiger partial charge in [0.25, 0.3) is 0 Å². The normalized spacial score (nSPS) is 24.6. The van der Waals surface area contributed by atoms with E-state index in [-0.39, 0.29) is 12.6 Å². The van der Waals surface area contributed by atoms with Crippen LogP contribution >= 0.6 is 0 Å². The number of aliphatic hydroxyl groups excluding tert-OH is 1. The Balaban J connectivity index is 2.15. The highest BCUT2D eigenvalue weighted by Crippen LogP contribution is 2.28. The lowest BCUT2D eigenvalue weighted by Gasteiger charge is -2.23. The van der Waals surface area contributed by atoms with Crippen LogP contribution in [0.15, 0.2) is 12.5 Å². The molecular weight excluding hydrogens is 206 g/mol. The Hall–Kier alpha value is -0.910. The highest BCUT2D eigenvalue weighted by atomic mass is 16.5. The molecule has 2 heterocycles. The highest BCUT2D eigenvalue weighted by molar-refractivity contribution is 5.06. The molecule has 0 aliphatic carbocycles. The van der Waals surface area contributed by atoms with Crippen LogP contribution in [0.5, 0.6) is 0 Å². The lowest BCUT2D eigenvalue weighted by molar-refractivity contribution is 0.174. The number of aliphatic hydroxyl groups is 1. The molecule has 0 amide bonds. The van der Waals surface area contributed by atoms with E-state index in [1.807, 2.05) is 0 Å². The summed E-state index contributed by atoms with van der Waals surface area (Å²) in [4.78, 5) is 4.11. The summed E-state index contributed by atoms with van der Waals surface area (Å²) in [6.45, 7) is 3.73. The Kier molecular flexibility index (Phi) is 3.58. The third-order valence-corrected chi connectivity index (χ3v) is 3.36. The predicted molar refractivity (Wildman–Crippen MR) is 59.9 cm³/mol. The van der Waals surface area contributed by atoms with Gasteiger partial charge in [0.2, 0.25) is 0 Å². The molecule has 1 aromatic rings. The smallest absolute Gasteiger partial charge is 0.0951 e. The van der Waals surface area contributed by atoms with Crippen molar-refractivity contribution in [3.05, 3.63) is 18.2 Å². The van der Waals surface area contributed by atoms with Gasteiger partial charge in [-0.2, -0.15) is 0 Å². The molecule has 3 atom stereocenters. The summed E-state index contributed by atoms with van der Waals surface area (Å²) < 4.78 is 7.44. The first kappa shape index (κ1) is 11.6. The van der Waals surface area contributed by atoms with Gasteiger partial charge in [-0.05, 0) is 13.3 Å². The number of hydrogen-bond donors (Lipinski definition) is 2. The van der Waals surface area contributed by atoms with E-state index in [0.29, 0.717) is 12.0 Å². The van der Waals surface area contributed by atoms with Crippen molar-refractivity contribution in [2.45, 2.75) is 25.4 Å². The zero-order valence-corrected chi connectivity index (χ0v) is 9.54. The second kappa shape index (κ2) is 4.95. The Morgan fingerprint density at radius 2 is 2.56 bits per heavy atom. The largest absolute Gasteiger partial charge is 0.394 e. The predicted octanol–water partition coefficient (Wildman–Crippen LogP) is 0.473. The van der Waals surface area contributed by atoms with Crippen molar-refractivity contribution in [1.29, 1.82) is 0 Å². The SMILES string of the molecule is CC(C1CCOC1)n1cncc1C(N)CO. The van der Waals surface area contributed by atoms with Crippen LogP contribution in [0.1, 0.15) is 31.1 Å². The van der Waals surface area contributed by atoms with Crippen LogP contribution in [0.2, 0.25) is 0 Å². The summed E-state index contributed by atoms with van der Waals surface area (Å²) in [5.41, 5.74) is 6.72. The summed E-state index contributed by atoms with van der Waals surface area (Å²) in [7, 11) is 0. The number of nitrogens with two attached hydrogens (primary N) is 1. The summed E-state index contributed by atoms with van der Waals surface area (Å²) in [6.07, 6.45) is 4.59. The monoisotopic (exact) mass is 225 g/mol. The molecule has 3 N–H and O–H groups in total. The lowest BCUT2D eigenvalue weighted by atomic mass is 10.00. The highest BCUT2D eigenvalue weighted by Gasteiger charge is 2.25. The van der Waals surface area contributed by atoms with E-state index < -0.39 is 0 Å². The van der Waals surface area contributed by atoms with Gasteiger partial charge in [0.1, 0.15) is 0 Å². The van der Waals surface area contributed by atoms with Gasteiger partial charge in [-0.25, -0.2) is 4.98 Å². The van der Waals surface area contributed by atoms with Gasteiger partial charge in [0, 0.05) is 24.8 Å². The minimum atomic E-state index is -0.354. The molecule has 1 aliphatic rings. The van der Waals surface area contributed by atoms with Crippen molar-refractivity contribution in [1.82, 2.24) is 9.55 Å². The van der Waals surface area contributed by atoms with Crippen LogP contribution in [-0.4, -0.2) is 34.5 Å². The maximum atomic E-state index is 9.09. The van der Waals surface area contributed by atoms with Gasteiger partial charge in [-0.3, -0.25) is 0 Å². The fourth-order valence-corrected chi connectivity index (χ4v) is 2.20. The molecule has 1 fully saturated rings. The van der Waals surface area contributed by atoms with Gasteiger partial charge in [0.15, 0.2) is 0 Å². The van der Waals surface area contributed by atoms with Crippen molar-refractivity contribution in [3.63, 3.8) is 0 Å². The molecule has 5 nitrogen and oxygen atoms in total. The molecule has 1 aromatic heterocycles. The van der Waals surface area contributed by atoms with E-state index >= 15 is 0 Å². The average molecular weight is 225 g/mol. The lowest BCUT2D eigenvalue weighted by Crippen LogP contribution is -2.23. The minimum absolute atomic E-state index is 0.0560. The van der Waals surface area contributed by atoms with E-state index in [0.717, 1.165) is 25.3 Å². The number of imidazole rings is 1. The summed E-state index contributed by atoms with van der Waals surface area (Å²) in [5.74, 6) is 0.513. The zero-order chi connectivity index (χ0) is 11.5. The van der Waals surface area contributed by atoms with Crippen LogP contribution < -0.4 is 5.73 Å². The van der Waals surface area contributed by atoms with Crippen LogP contribution in [0.25, 0.3) is 0 Å². The standard InChI is InChI=1S/C11H19N3O2/c1-8(9-2-3-16-6-9)14-7-13-4-11(14)10(12)5-15/h4,7-10,15H,2-3,5-6,12H2,1H3. The van der Waals surface area contributed by atoms with E-state index in [2.05, 4.69) is 16.5 Å². The van der Waals surface area contributed by atoms with Crippen molar-refractivity contribution >= 4 is 0 Å². The van der Waals surface area contributed by atoms with Gasteiger partial charge >= 0.3 is 0 Å². The fourth-order valence-electron chi connectivity index (χ4n) is 2.20. The first-order valence-corrected chi connectivity index (χ1v) is 5.70. The molecule has 1 aliphatic heterocycles. The first-order chi connectivity index (χ1) is 7.74. The molecule has 0 saturated carbocycles. The molecule has 0 bridgehead atoms. The maximum Gasteiger partial charge on any atom is 0.0951 e. The molecular formula is C11H19N3O2. The number of ether oxygens (including phenoxy) is 1. The van der Waals surface area contributed by atoms with E-state index in [4.69, 9.17) is 15.6 Å². The molecule has 16 heavy (non-hydrogen) atoms. The molecule has 0 aromatic carbocycles. The molecule has 0 spiro atoms. The van der Waals surface area contributed by atoms with Gasteiger partial charge in [-0.15, -0.1) is 0 Å². The third kappa shape index (κ3) is 2.11. The summed E-state index contributed by atoms with van der Waals surface area (Å²) >= 11 is 0. The van der Waals surface area contributed by atoms with Crippen molar-refractivity contribution in [2.75, 3.05) is 19.8 Å². The molecule has 2 rings (SSSR count). The van der Waals surface area contributed by atoms with Gasteiger partial charge < -0.3 is 20.1 Å². The van der Waals surface area contributed by atoms with Crippen molar-refractivity contribution < 1.29 is 9.84 Å². The fraction of sp³-hybridized carbons (Fsp3) is 0.727. The zero-order valence-electron chi connectivity index (χ0n) is 9.54. The Bertz CT molecular complexity index is 334. The molecule has 5 heteroatoms. The Morgan fingerprint density at radius 3 is 3.19 bits per heavy atom. The summed E-state index contributed by atoms with van der Waals surface area (Å²) in [5, 5.41) is 9.09. The number of aromatic nitrogens is 2. The van der Waals surface area contributed by atoms with Crippen molar-refractivity contribution in [2.24, 2.45) is 11.7 Å². The number of nitrogens with zero attached hydrogens (tertiary/aromatic N) is 2. The quantitative estimate of drug-likeness (QED) is 0.781. The number of rotatable bonds is 4. The number of hydrogen-bond acceptors (Lipinski definition) is 4. The average Bonchev–Trinajstić information content (AvgIpc) is 2.97. The van der Waals surface area contributed by atoms with Crippen LogP contribution in [0, 0.1) is 5.92 Å². The maximum absolute atomic E-state index is 9.09. The van der Waals surface area contributed by atoms with E-state index in [9.17, 15) is 0 Å². The third-order valence-electron chi connectivity index (χ3n) is 3.36. The minimum Gasteiger partial charge on any atom is -0.394 e. The van der Waals surface area contributed by atoms with Gasteiger partial charge in [0.05, 0.1) is 31.3 Å². The topological polar surface area (TPSA) is 73.3 Å². The molecule has 0 radical (unpaired) electrons. The molecule has 1 saturated heterocycles. The van der Waals surface area contributed by atoms with E-state index in [1.165, 1.54) is 0 Å². The second-order valence-corrected chi connectivity index (χ2v) is 4.38.